The largest absolute Gasteiger partial charge is 0.495 e. The van der Waals surface area contributed by atoms with E-state index in [1.807, 2.05) is 18.3 Å². The quantitative estimate of drug-likeness (QED) is 0.645. The number of nitrogen functional groups attached to an aromatic ring is 1. The lowest BCUT2D eigenvalue weighted by atomic mass is 10.1. The van der Waals surface area contributed by atoms with Gasteiger partial charge < -0.3 is 15.5 Å². The molecular formula is C13H14N4O. The van der Waals surface area contributed by atoms with Gasteiger partial charge in [-0.15, -0.1) is 0 Å². The molecule has 3 aromatic rings. The molecule has 0 bridgehead atoms. The Morgan fingerprint density at radius 3 is 2.78 bits per heavy atom. The topological polar surface area (TPSA) is 79.7 Å². The maximum atomic E-state index is 5.63. The van der Waals surface area contributed by atoms with Crippen LogP contribution in [0.4, 0.5) is 5.82 Å². The summed E-state index contributed by atoms with van der Waals surface area (Å²) in [6, 6.07) is 5.87. The summed E-state index contributed by atoms with van der Waals surface area (Å²) in [6.45, 7) is 2.06. The van der Waals surface area contributed by atoms with E-state index in [2.05, 4.69) is 28.2 Å². The number of methoxy groups -OCH3 is 1. The van der Waals surface area contributed by atoms with E-state index in [0.717, 1.165) is 27.9 Å². The van der Waals surface area contributed by atoms with Crippen LogP contribution in [0.25, 0.3) is 22.2 Å². The summed E-state index contributed by atoms with van der Waals surface area (Å²) < 4.78 is 5.41. The van der Waals surface area contributed by atoms with Gasteiger partial charge in [0, 0.05) is 23.2 Å². The molecule has 2 heterocycles. The van der Waals surface area contributed by atoms with Crippen molar-refractivity contribution >= 4 is 16.7 Å². The monoisotopic (exact) mass is 242 g/mol. The highest BCUT2D eigenvalue weighted by Crippen LogP contribution is 2.33. The van der Waals surface area contributed by atoms with Crippen molar-refractivity contribution in [3.8, 4) is 17.0 Å². The van der Waals surface area contributed by atoms with Crippen molar-refractivity contribution in [3.05, 3.63) is 30.0 Å². The average molecular weight is 242 g/mol. The number of aromatic nitrogens is 3. The normalized spacial score (nSPS) is 11.0. The molecule has 0 saturated carbocycles. The summed E-state index contributed by atoms with van der Waals surface area (Å²) in [6.07, 6.45) is 1.97. The fourth-order valence-electron chi connectivity index (χ4n) is 2.14. The van der Waals surface area contributed by atoms with Gasteiger partial charge in [0.05, 0.1) is 18.3 Å². The van der Waals surface area contributed by atoms with Crippen molar-refractivity contribution in [1.29, 1.82) is 0 Å². The fourth-order valence-corrected chi connectivity index (χ4v) is 2.14. The predicted molar refractivity (Wildman–Crippen MR) is 71.6 cm³/mol. The summed E-state index contributed by atoms with van der Waals surface area (Å²) in [5.41, 5.74) is 9.70. The molecule has 5 heteroatoms. The Bertz CT molecular complexity index is 711. The molecule has 0 radical (unpaired) electrons. The van der Waals surface area contributed by atoms with Crippen molar-refractivity contribution in [1.82, 2.24) is 15.2 Å². The standard InChI is InChI=1S/C13H14N4O/c1-7-6-15-13-9(7)3-8(4-11(13)18-2)10-5-12(14)17-16-10/h3-6,15H,1-2H3,(H3,14,16,17). The number of nitrogens with one attached hydrogen (secondary N) is 2. The predicted octanol–water partition coefficient (Wildman–Crippen LogP) is 2.46. The molecule has 0 atom stereocenters. The first-order valence-corrected chi connectivity index (χ1v) is 5.66. The average Bonchev–Trinajstić information content (AvgIpc) is 2.96. The minimum Gasteiger partial charge on any atom is -0.495 e. The van der Waals surface area contributed by atoms with Crippen LogP contribution in [0.1, 0.15) is 5.56 Å². The Morgan fingerprint density at radius 1 is 1.28 bits per heavy atom. The van der Waals surface area contributed by atoms with Crippen LogP contribution in [-0.4, -0.2) is 22.3 Å². The molecule has 0 spiro atoms. The zero-order chi connectivity index (χ0) is 12.7. The third kappa shape index (κ3) is 1.52. The molecule has 0 saturated heterocycles. The second-order valence-corrected chi connectivity index (χ2v) is 4.28. The van der Waals surface area contributed by atoms with Gasteiger partial charge in [-0.25, -0.2) is 0 Å². The molecular weight excluding hydrogens is 228 g/mol. The maximum absolute atomic E-state index is 5.63. The van der Waals surface area contributed by atoms with Gasteiger partial charge in [0.1, 0.15) is 11.6 Å². The van der Waals surface area contributed by atoms with Crippen molar-refractivity contribution in [2.45, 2.75) is 6.92 Å². The molecule has 0 unspecified atom stereocenters. The molecule has 3 rings (SSSR count). The Hall–Kier alpha value is -2.43. The first-order valence-electron chi connectivity index (χ1n) is 5.66. The molecule has 1 aromatic carbocycles. The third-order valence-electron chi connectivity index (χ3n) is 3.09. The van der Waals surface area contributed by atoms with Gasteiger partial charge >= 0.3 is 0 Å². The fraction of sp³-hybridized carbons (Fsp3) is 0.154. The number of benzene rings is 1. The van der Waals surface area contributed by atoms with Crippen molar-refractivity contribution < 1.29 is 4.74 Å². The Morgan fingerprint density at radius 2 is 2.11 bits per heavy atom. The second kappa shape index (κ2) is 3.80. The third-order valence-corrected chi connectivity index (χ3v) is 3.09. The van der Waals surface area contributed by atoms with E-state index < -0.39 is 0 Å². The van der Waals surface area contributed by atoms with Gasteiger partial charge in [-0.2, -0.15) is 5.10 Å². The lowest BCUT2D eigenvalue weighted by Gasteiger charge is -2.05. The van der Waals surface area contributed by atoms with Crippen LogP contribution in [0.2, 0.25) is 0 Å². The Labute approximate surface area is 104 Å². The summed E-state index contributed by atoms with van der Waals surface area (Å²) in [7, 11) is 1.66. The Kier molecular flexibility index (Phi) is 2.26. The van der Waals surface area contributed by atoms with Gasteiger partial charge in [0.2, 0.25) is 0 Å². The number of aromatic amines is 2. The molecule has 18 heavy (non-hydrogen) atoms. The summed E-state index contributed by atoms with van der Waals surface area (Å²) in [5.74, 6) is 1.29. The zero-order valence-electron chi connectivity index (χ0n) is 10.2. The molecule has 0 aliphatic heterocycles. The van der Waals surface area contributed by atoms with E-state index in [4.69, 9.17) is 10.5 Å². The minimum atomic E-state index is 0.481. The Balaban J connectivity index is 2.27. The van der Waals surface area contributed by atoms with Crippen molar-refractivity contribution in [3.63, 3.8) is 0 Å². The van der Waals surface area contributed by atoms with Crippen LogP contribution < -0.4 is 10.5 Å². The summed E-state index contributed by atoms with van der Waals surface area (Å²) >= 11 is 0. The molecule has 0 aliphatic rings. The van der Waals surface area contributed by atoms with Gasteiger partial charge in [0.15, 0.2) is 0 Å². The van der Waals surface area contributed by atoms with Gasteiger partial charge in [-0.1, -0.05) is 0 Å². The smallest absolute Gasteiger partial charge is 0.145 e. The number of hydrogen-bond donors (Lipinski definition) is 3. The van der Waals surface area contributed by atoms with Crippen LogP contribution in [-0.2, 0) is 0 Å². The first-order chi connectivity index (χ1) is 8.69. The molecule has 0 aliphatic carbocycles. The molecule has 4 N–H and O–H groups in total. The van der Waals surface area contributed by atoms with E-state index in [9.17, 15) is 0 Å². The number of nitrogens with zero attached hydrogens (tertiary/aromatic N) is 1. The first kappa shape index (κ1) is 10.7. The van der Waals surface area contributed by atoms with Crippen LogP contribution in [0.5, 0.6) is 5.75 Å². The van der Waals surface area contributed by atoms with E-state index in [0.29, 0.717) is 5.82 Å². The number of aryl methyl sites for hydroxylation is 1. The van der Waals surface area contributed by atoms with Crippen LogP contribution >= 0.6 is 0 Å². The second-order valence-electron chi connectivity index (χ2n) is 4.28. The zero-order valence-corrected chi connectivity index (χ0v) is 10.2. The molecule has 5 nitrogen and oxygen atoms in total. The minimum absolute atomic E-state index is 0.481. The molecule has 0 fully saturated rings. The number of nitrogens with two attached hydrogens (primary N) is 1. The van der Waals surface area contributed by atoms with Gasteiger partial charge in [-0.05, 0) is 24.6 Å². The highest BCUT2D eigenvalue weighted by molar-refractivity contribution is 5.92. The number of H-pyrrole nitrogens is 2. The SMILES string of the molecule is COc1cc(-c2cc(N)n[nH]2)cc2c(C)c[nH]c12. The highest BCUT2D eigenvalue weighted by Gasteiger charge is 2.10. The van der Waals surface area contributed by atoms with E-state index in [1.165, 1.54) is 5.56 Å². The van der Waals surface area contributed by atoms with Gasteiger partial charge in [0.25, 0.3) is 0 Å². The van der Waals surface area contributed by atoms with Crippen molar-refractivity contribution in [2.75, 3.05) is 12.8 Å². The lowest BCUT2D eigenvalue weighted by molar-refractivity contribution is 0.419. The van der Waals surface area contributed by atoms with E-state index in [-0.39, 0.29) is 0 Å². The summed E-state index contributed by atoms with van der Waals surface area (Å²) in [5, 5.41) is 7.99. The van der Waals surface area contributed by atoms with Crippen LogP contribution in [0.3, 0.4) is 0 Å². The lowest BCUT2D eigenvalue weighted by Crippen LogP contribution is -1.87. The number of anilines is 1. The molecule has 0 amide bonds. The number of hydrogen-bond acceptors (Lipinski definition) is 3. The number of ether oxygens (including phenoxy) is 1. The highest BCUT2D eigenvalue weighted by atomic mass is 16.5. The van der Waals surface area contributed by atoms with Gasteiger partial charge in [-0.3, -0.25) is 5.10 Å². The van der Waals surface area contributed by atoms with E-state index in [1.54, 1.807) is 7.11 Å². The summed E-state index contributed by atoms with van der Waals surface area (Å²) in [4.78, 5) is 3.22. The number of rotatable bonds is 2. The number of fused-ring (bicyclic) bond motifs is 1. The molecule has 92 valence electrons. The van der Waals surface area contributed by atoms with E-state index >= 15 is 0 Å². The van der Waals surface area contributed by atoms with Crippen molar-refractivity contribution in [2.24, 2.45) is 0 Å². The van der Waals surface area contributed by atoms with Crippen LogP contribution in [0, 0.1) is 6.92 Å². The maximum Gasteiger partial charge on any atom is 0.145 e. The molecule has 2 aromatic heterocycles. The van der Waals surface area contributed by atoms with Crippen LogP contribution in [0.15, 0.2) is 24.4 Å².